The van der Waals surface area contributed by atoms with Crippen LogP contribution in [0.25, 0.3) is 0 Å². The third kappa shape index (κ3) is 4.00. The van der Waals surface area contributed by atoms with Crippen molar-refractivity contribution in [3.8, 4) is 0 Å². The van der Waals surface area contributed by atoms with E-state index in [1.807, 2.05) is 0 Å². The minimum Gasteiger partial charge on any atom is -0.483 e. The number of carbonyl (C=O) groups is 1. The molecular weight excluding hydrogens is 232 g/mol. The van der Waals surface area contributed by atoms with Crippen molar-refractivity contribution >= 4 is 16.5 Å². The van der Waals surface area contributed by atoms with Gasteiger partial charge in [0.1, 0.15) is 4.90 Å². The molecule has 1 aromatic carbocycles. The van der Waals surface area contributed by atoms with Crippen molar-refractivity contribution < 1.29 is 27.1 Å². The largest absolute Gasteiger partial charge is 0.483 e. The smallest absolute Gasteiger partial charge is 0.290 e. The molecule has 0 unspecified atom stereocenters. The number of nitrogens with two attached hydrogens (primary N) is 1. The van der Waals surface area contributed by atoms with E-state index in [0.29, 0.717) is 0 Å². The summed E-state index contributed by atoms with van der Waals surface area (Å²) in [6, 6.07) is 2.77. The zero-order valence-electron chi connectivity index (χ0n) is 7.22. The first kappa shape index (κ1) is 13.5. The van der Waals surface area contributed by atoms with E-state index in [0.717, 1.165) is 18.2 Å². The molecule has 0 saturated heterocycles. The van der Waals surface area contributed by atoms with E-state index in [2.05, 4.69) is 5.14 Å². The molecule has 0 heterocycles. The average Bonchev–Trinajstić information content (AvgIpc) is 2.09. The van der Waals surface area contributed by atoms with E-state index in [-0.39, 0.29) is 6.47 Å². The Morgan fingerprint density at radius 3 is 2.13 bits per heavy atom. The summed E-state index contributed by atoms with van der Waals surface area (Å²) < 4.78 is 46.2. The molecular formula is C7H7F2NO4S. The highest BCUT2D eigenvalue weighted by atomic mass is 32.2. The highest BCUT2D eigenvalue weighted by molar-refractivity contribution is 7.89. The predicted molar refractivity (Wildman–Crippen MR) is 46.4 cm³/mol. The van der Waals surface area contributed by atoms with Crippen LogP contribution in [0.3, 0.4) is 0 Å². The Morgan fingerprint density at radius 1 is 1.33 bits per heavy atom. The second kappa shape index (κ2) is 5.37. The third-order valence-corrected chi connectivity index (χ3v) is 2.15. The number of sulfonamides is 1. The minimum atomic E-state index is -4.17. The normalized spacial score (nSPS) is 10.1. The van der Waals surface area contributed by atoms with E-state index in [9.17, 15) is 17.2 Å². The molecule has 0 bridgehead atoms. The van der Waals surface area contributed by atoms with Gasteiger partial charge in [0.25, 0.3) is 6.47 Å². The van der Waals surface area contributed by atoms with E-state index in [1.165, 1.54) is 0 Å². The summed E-state index contributed by atoms with van der Waals surface area (Å²) in [6.45, 7) is -0.250. The molecule has 84 valence electrons. The molecule has 0 saturated carbocycles. The quantitative estimate of drug-likeness (QED) is 0.689. The van der Waals surface area contributed by atoms with Gasteiger partial charge in [-0.3, -0.25) is 4.79 Å². The Hall–Kier alpha value is -1.54. The third-order valence-electron chi connectivity index (χ3n) is 1.22. The summed E-state index contributed by atoms with van der Waals surface area (Å²) in [6.07, 6.45) is 0. The van der Waals surface area contributed by atoms with Crippen LogP contribution >= 0.6 is 0 Å². The van der Waals surface area contributed by atoms with Gasteiger partial charge in [0.05, 0.1) is 0 Å². The predicted octanol–water partition coefficient (Wildman–Crippen LogP) is 0.313. The summed E-state index contributed by atoms with van der Waals surface area (Å²) in [7, 11) is -4.17. The van der Waals surface area contributed by atoms with Gasteiger partial charge in [0, 0.05) is 0 Å². The lowest BCUT2D eigenvalue weighted by molar-refractivity contribution is -0.122. The minimum absolute atomic E-state index is 0.250. The molecule has 1 rings (SSSR count). The molecule has 0 aromatic heterocycles. The molecule has 0 amide bonds. The molecule has 0 aliphatic carbocycles. The van der Waals surface area contributed by atoms with E-state index in [4.69, 9.17) is 9.90 Å². The SMILES string of the molecule is NS(=O)(=O)c1cccc(F)c1F.O=CO. The van der Waals surface area contributed by atoms with Crippen molar-refractivity contribution in [2.45, 2.75) is 4.90 Å². The van der Waals surface area contributed by atoms with Crippen LogP contribution in [0.1, 0.15) is 0 Å². The maximum Gasteiger partial charge on any atom is 0.290 e. The van der Waals surface area contributed by atoms with Gasteiger partial charge in [-0.15, -0.1) is 0 Å². The Labute approximate surface area is 84.2 Å². The molecule has 0 aliphatic heterocycles. The van der Waals surface area contributed by atoms with Crippen molar-refractivity contribution in [2.75, 3.05) is 0 Å². The highest BCUT2D eigenvalue weighted by Crippen LogP contribution is 2.14. The molecule has 1 aromatic rings. The molecule has 0 spiro atoms. The summed E-state index contributed by atoms with van der Waals surface area (Å²) in [4.78, 5) is 7.53. The van der Waals surface area contributed by atoms with Gasteiger partial charge >= 0.3 is 0 Å². The molecule has 0 aliphatic rings. The fourth-order valence-electron chi connectivity index (χ4n) is 0.704. The summed E-state index contributed by atoms with van der Waals surface area (Å²) in [5.41, 5.74) is 0. The first-order chi connectivity index (χ1) is 6.84. The zero-order chi connectivity index (χ0) is 12.1. The molecule has 15 heavy (non-hydrogen) atoms. The highest BCUT2D eigenvalue weighted by Gasteiger charge is 2.16. The molecule has 5 nitrogen and oxygen atoms in total. The number of carboxylic acid groups (broad SMARTS) is 1. The standard InChI is InChI=1S/C6H5F2NO2S.CH2O2/c7-4-2-1-3-5(6(4)8)12(9,10)11;2-1-3/h1-3H,(H2,9,10,11);1H,(H,2,3). The van der Waals surface area contributed by atoms with Crippen LogP contribution < -0.4 is 5.14 Å². The van der Waals surface area contributed by atoms with E-state index in [1.54, 1.807) is 0 Å². The van der Waals surface area contributed by atoms with Crippen molar-refractivity contribution in [1.82, 2.24) is 0 Å². The molecule has 8 heteroatoms. The molecule has 0 fully saturated rings. The maximum absolute atomic E-state index is 12.7. The number of halogens is 2. The van der Waals surface area contributed by atoms with Crippen molar-refractivity contribution in [3.63, 3.8) is 0 Å². The van der Waals surface area contributed by atoms with Gasteiger partial charge in [-0.2, -0.15) is 0 Å². The van der Waals surface area contributed by atoms with Gasteiger partial charge in [-0.25, -0.2) is 22.3 Å². The van der Waals surface area contributed by atoms with Crippen LogP contribution in [0.4, 0.5) is 8.78 Å². The number of hydrogen-bond donors (Lipinski definition) is 2. The van der Waals surface area contributed by atoms with E-state index < -0.39 is 26.6 Å². The summed E-state index contributed by atoms with van der Waals surface area (Å²) in [5.74, 6) is -2.68. The Morgan fingerprint density at radius 2 is 1.80 bits per heavy atom. The molecule has 0 radical (unpaired) electrons. The molecule has 3 N–H and O–H groups in total. The second-order valence-electron chi connectivity index (χ2n) is 2.20. The summed E-state index contributed by atoms with van der Waals surface area (Å²) in [5, 5.41) is 11.5. The Balaban J connectivity index is 0.000000583. The van der Waals surface area contributed by atoms with Gasteiger partial charge in [0.15, 0.2) is 11.6 Å². The van der Waals surface area contributed by atoms with Gasteiger partial charge in [0.2, 0.25) is 10.0 Å². The monoisotopic (exact) mass is 239 g/mol. The lowest BCUT2D eigenvalue weighted by Gasteiger charge is -1.99. The number of rotatable bonds is 1. The van der Waals surface area contributed by atoms with Gasteiger partial charge < -0.3 is 5.11 Å². The number of benzene rings is 1. The van der Waals surface area contributed by atoms with Crippen LogP contribution in [-0.4, -0.2) is 20.0 Å². The summed E-state index contributed by atoms with van der Waals surface area (Å²) >= 11 is 0. The average molecular weight is 239 g/mol. The second-order valence-corrected chi connectivity index (χ2v) is 3.73. The lowest BCUT2D eigenvalue weighted by atomic mass is 10.3. The first-order valence-electron chi connectivity index (χ1n) is 3.39. The van der Waals surface area contributed by atoms with Gasteiger partial charge in [-0.05, 0) is 12.1 Å². The number of primary sulfonamides is 1. The van der Waals surface area contributed by atoms with E-state index >= 15 is 0 Å². The zero-order valence-corrected chi connectivity index (χ0v) is 8.04. The van der Waals surface area contributed by atoms with Crippen LogP contribution in [0.2, 0.25) is 0 Å². The lowest BCUT2D eigenvalue weighted by Crippen LogP contribution is -2.14. The van der Waals surface area contributed by atoms with Crippen LogP contribution in [0, 0.1) is 11.6 Å². The fourth-order valence-corrected chi connectivity index (χ4v) is 1.32. The first-order valence-corrected chi connectivity index (χ1v) is 4.94. The Bertz CT molecular complexity index is 446. The fraction of sp³-hybridized carbons (Fsp3) is 0. The van der Waals surface area contributed by atoms with Crippen molar-refractivity contribution in [1.29, 1.82) is 0 Å². The van der Waals surface area contributed by atoms with Crippen molar-refractivity contribution in [3.05, 3.63) is 29.8 Å². The molecule has 0 atom stereocenters. The van der Waals surface area contributed by atoms with Crippen LogP contribution in [0.5, 0.6) is 0 Å². The van der Waals surface area contributed by atoms with Crippen LogP contribution in [0.15, 0.2) is 23.1 Å². The topological polar surface area (TPSA) is 97.5 Å². The Kier molecular flexibility index (Phi) is 4.82. The maximum atomic E-state index is 12.7. The van der Waals surface area contributed by atoms with Crippen LogP contribution in [-0.2, 0) is 14.8 Å². The number of hydrogen-bond acceptors (Lipinski definition) is 3. The van der Waals surface area contributed by atoms with Gasteiger partial charge in [-0.1, -0.05) is 6.07 Å². The van der Waals surface area contributed by atoms with Crippen molar-refractivity contribution in [2.24, 2.45) is 5.14 Å².